The number of carboxylic acid groups (broad SMARTS) is 1. The third-order valence-electron chi connectivity index (χ3n) is 4.74. The molecule has 132 valence electrons. The van der Waals surface area contributed by atoms with E-state index in [1.54, 1.807) is 25.3 Å². The number of hydrogen-bond donors (Lipinski definition) is 2. The third kappa shape index (κ3) is 3.83. The molecule has 1 aliphatic rings. The Labute approximate surface area is 147 Å². The van der Waals surface area contributed by atoms with E-state index in [9.17, 15) is 15.0 Å². The molecule has 2 rings (SSSR count). The molecule has 0 spiro atoms. The minimum atomic E-state index is -0.805. The zero-order chi connectivity index (χ0) is 17.9. The number of carboxylic acids is 1. The molecule has 1 heterocycles. The average Bonchev–Trinajstić information content (AvgIpc) is 3.35. The van der Waals surface area contributed by atoms with Crippen molar-refractivity contribution < 1.29 is 19.7 Å². The van der Waals surface area contributed by atoms with E-state index in [2.05, 4.69) is 4.98 Å². The Bertz CT molecular complexity index is 638. The summed E-state index contributed by atoms with van der Waals surface area (Å²) < 4.78 is 5.43. The summed E-state index contributed by atoms with van der Waals surface area (Å²) in [6, 6.07) is 1.63. The van der Waals surface area contributed by atoms with Gasteiger partial charge in [-0.05, 0) is 50.7 Å². The van der Waals surface area contributed by atoms with Gasteiger partial charge in [0.2, 0.25) is 0 Å². The second-order valence-corrected chi connectivity index (χ2v) is 6.86. The fourth-order valence-corrected chi connectivity index (χ4v) is 3.58. The molecule has 0 amide bonds. The monoisotopic (exact) mass is 353 g/mol. The molecule has 0 aromatic carbocycles. The van der Waals surface area contributed by atoms with E-state index in [1.807, 2.05) is 6.92 Å². The molecular weight excluding hydrogens is 330 g/mol. The van der Waals surface area contributed by atoms with Crippen LogP contribution in [0.1, 0.15) is 45.2 Å². The number of carbonyl (C=O) groups is 1. The molecule has 0 saturated heterocycles. The Kier molecular flexibility index (Phi) is 5.75. The molecule has 1 fully saturated rings. The Morgan fingerprint density at radius 3 is 2.67 bits per heavy atom. The normalized spacial score (nSPS) is 18.8. The molecule has 1 aromatic heterocycles. The smallest absolute Gasteiger partial charge is 0.306 e. The average molecular weight is 354 g/mol. The SMILES string of the molecule is CCC(C=C(C)O)(CC(C(=O)O)C1CC1)c1nccc(Cl)c1OC. The highest BCUT2D eigenvalue weighted by Gasteiger charge is 2.44. The van der Waals surface area contributed by atoms with Gasteiger partial charge in [0.15, 0.2) is 5.75 Å². The molecule has 1 aromatic rings. The summed E-state index contributed by atoms with van der Waals surface area (Å²) in [5.41, 5.74) is -0.180. The maximum Gasteiger partial charge on any atom is 0.306 e. The summed E-state index contributed by atoms with van der Waals surface area (Å²) in [5, 5.41) is 20.0. The van der Waals surface area contributed by atoms with Crippen LogP contribution in [0, 0.1) is 11.8 Å². The first-order valence-corrected chi connectivity index (χ1v) is 8.52. The first-order valence-electron chi connectivity index (χ1n) is 8.14. The molecule has 5 nitrogen and oxygen atoms in total. The van der Waals surface area contributed by atoms with Crippen LogP contribution in [0.3, 0.4) is 0 Å². The van der Waals surface area contributed by atoms with Crippen molar-refractivity contribution in [2.24, 2.45) is 11.8 Å². The van der Waals surface area contributed by atoms with Crippen LogP contribution in [-0.4, -0.2) is 28.3 Å². The topological polar surface area (TPSA) is 79.7 Å². The van der Waals surface area contributed by atoms with E-state index in [4.69, 9.17) is 16.3 Å². The van der Waals surface area contributed by atoms with Gasteiger partial charge in [0.05, 0.1) is 29.5 Å². The van der Waals surface area contributed by atoms with Gasteiger partial charge in [-0.2, -0.15) is 0 Å². The summed E-state index contributed by atoms with van der Waals surface area (Å²) in [6.07, 6.45) is 6.05. The number of aromatic nitrogens is 1. The van der Waals surface area contributed by atoms with Crippen LogP contribution in [0.25, 0.3) is 0 Å². The number of allylic oxidation sites excluding steroid dienone is 2. The zero-order valence-corrected chi connectivity index (χ0v) is 15.0. The Balaban J connectivity index is 2.57. The lowest BCUT2D eigenvalue weighted by Gasteiger charge is -2.33. The number of pyridine rings is 1. The fraction of sp³-hybridized carbons (Fsp3) is 0.556. The predicted molar refractivity (Wildman–Crippen MR) is 92.6 cm³/mol. The highest BCUT2D eigenvalue weighted by molar-refractivity contribution is 6.32. The summed E-state index contributed by atoms with van der Waals surface area (Å²) in [5.74, 6) is -0.545. The number of halogens is 1. The molecule has 2 N–H and O–H groups in total. The number of aliphatic hydroxyl groups is 1. The van der Waals surface area contributed by atoms with Gasteiger partial charge in [-0.25, -0.2) is 0 Å². The first kappa shape index (κ1) is 18.6. The van der Waals surface area contributed by atoms with E-state index in [1.165, 1.54) is 7.11 Å². The molecule has 6 heteroatoms. The van der Waals surface area contributed by atoms with Gasteiger partial charge in [0.1, 0.15) is 0 Å². The van der Waals surface area contributed by atoms with Crippen molar-refractivity contribution in [2.75, 3.05) is 7.11 Å². The quantitative estimate of drug-likeness (QED) is 0.679. The zero-order valence-electron chi connectivity index (χ0n) is 14.3. The Hall–Kier alpha value is -1.75. The van der Waals surface area contributed by atoms with Crippen molar-refractivity contribution >= 4 is 17.6 Å². The van der Waals surface area contributed by atoms with E-state index < -0.39 is 17.3 Å². The van der Waals surface area contributed by atoms with Crippen LogP contribution in [0.15, 0.2) is 24.1 Å². The number of methoxy groups -OCH3 is 1. The van der Waals surface area contributed by atoms with Crippen molar-refractivity contribution in [2.45, 2.75) is 44.9 Å². The van der Waals surface area contributed by atoms with Gasteiger partial charge in [0.25, 0.3) is 0 Å². The van der Waals surface area contributed by atoms with Crippen LogP contribution < -0.4 is 4.74 Å². The summed E-state index contributed by atoms with van der Waals surface area (Å²) in [6.45, 7) is 3.53. The lowest BCUT2D eigenvalue weighted by molar-refractivity contribution is -0.143. The number of hydrogen-bond acceptors (Lipinski definition) is 4. The van der Waals surface area contributed by atoms with Gasteiger partial charge in [-0.15, -0.1) is 0 Å². The fourth-order valence-electron chi connectivity index (χ4n) is 3.36. The molecule has 0 radical (unpaired) electrons. The number of rotatable bonds is 8. The minimum Gasteiger partial charge on any atom is -0.513 e. The van der Waals surface area contributed by atoms with Crippen LogP contribution in [0.5, 0.6) is 5.75 Å². The minimum absolute atomic E-state index is 0.126. The lowest BCUT2D eigenvalue weighted by atomic mass is 9.72. The summed E-state index contributed by atoms with van der Waals surface area (Å²) >= 11 is 6.24. The summed E-state index contributed by atoms with van der Waals surface area (Å²) in [7, 11) is 1.51. The van der Waals surface area contributed by atoms with Gasteiger partial charge in [0, 0.05) is 11.6 Å². The molecule has 1 aliphatic carbocycles. The van der Waals surface area contributed by atoms with Crippen molar-refractivity contribution in [3.63, 3.8) is 0 Å². The van der Waals surface area contributed by atoms with E-state index >= 15 is 0 Å². The summed E-state index contributed by atoms with van der Waals surface area (Å²) in [4.78, 5) is 16.2. The van der Waals surface area contributed by atoms with Gasteiger partial charge >= 0.3 is 5.97 Å². The van der Waals surface area contributed by atoms with E-state index in [0.717, 1.165) is 12.8 Å². The molecule has 0 bridgehead atoms. The highest BCUT2D eigenvalue weighted by Crippen LogP contribution is 2.48. The van der Waals surface area contributed by atoms with Crippen molar-refractivity contribution in [3.05, 3.63) is 34.8 Å². The second kappa shape index (κ2) is 7.43. The Morgan fingerprint density at radius 2 is 2.21 bits per heavy atom. The van der Waals surface area contributed by atoms with Crippen LogP contribution in [-0.2, 0) is 10.2 Å². The third-order valence-corrected chi connectivity index (χ3v) is 5.04. The molecule has 2 atom stereocenters. The van der Waals surface area contributed by atoms with Crippen molar-refractivity contribution in [1.82, 2.24) is 4.98 Å². The van der Waals surface area contributed by atoms with Crippen LogP contribution >= 0.6 is 11.6 Å². The number of aliphatic hydroxyl groups excluding tert-OH is 1. The lowest BCUT2D eigenvalue weighted by Crippen LogP contribution is -2.32. The van der Waals surface area contributed by atoms with Crippen LogP contribution in [0.2, 0.25) is 5.02 Å². The van der Waals surface area contributed by atoms with Gasteiger partial charge in [-0.3, -0.25) is 9.78 Å². The van der Waals surface area contributed by atoms with Gasteiger partial charge in [-0.1, -0.05) is 18.5 Å². The number of nitrogens with zero attached hydrogens (tertiary/aromatic N) is 1. The largest absolute Gasteiger partial charge is 0.513 e. The van der Waals surface area contributed by atoms with Gasteiger partial charge < -0.3 is 14.9 Å². The van der Waals surface area contributed by atoms with E-state index in [0.29, 0.717) is 29.3 Å². The number of aliphatic carboxylic acids is 1. The maximum absolute atomic E-state index is 11.8. The van der Waals surface area contributed by atoms with E-state index in [-0.39, 0.29) is 11.7 Å². The standard InChI is InChI=1S/C18H24ClNO4/c1-4-18(9-11(2)21,10-13(17(22)23)12-5-6-12)16-15(24-3)14(19)7-8-20-16/h7-9,12-13,21H,4-6,10H2,1-3H3,(H,22,23). The Morgan fingerprint density at radius 1 is 1.54 bits per heavy atom. The van der Waals surface area contributed by atoms with Crippen molar-refractivity contribution in [1.29, 1.82) is 0 Å². The molecule has 0 aliphatic heterocycles. The molecule has 24 heavy (non-hydrogen) atoms. The first-order chi connectivity index (χ1) is 11.3. The maximum atomic E-state index is 11.8. The molecule has 1 saturated carbocycles. The highest BCUT2D eigenvalue weighted by atomic mass is 35.5. The molecular formula is C18H24ClNO4. The van der Waals surface area contributed by atoms with Crippen LogP contribution in [0.4, 0.5) is 0 Å². The molecule has 2 unspecified atom stereocenters. The predicted octanol–water partition coefficient (Wildman–Crippen LogP) is 4.35. The van der Waals surface area contributed by atoms with Crippen molar-refractivity contribution in [3.8, 4) is 5.75 Å². The number of ether oxygens (including phenoxy) is 1. The second-order valence-electron chi connectivity index (χ2n) is 6.46.